The monoisotopic (exact) mass is 344 g/mol. The van der Waals surface area contributed by atoms with Crippen LogP contribution in [-0.4, -0.2) is 37.6 Å². The molecule has 0 bridgehead atoms. The summed E-state index contributed by atoms with van der Waals surface area (Å²) in [4.78, 5) is 18.3. The lowest BCUT2D eigenvalue weighted by molar-refractivity contribution is -0.107. The van der Waals surface area contributed by atoms with Gasteiger partial charge in [0.15, 0.2) is 0 Å². The topological polar surface area (TPSA) is 70.5 Å². The largest absolute Gasteiger partial charge is 0.504 e. The third-order valence-corrected chi connectivity index (χ3v) is 3.43. The van der Waals surface area contributed by atoms with Crippen molar-refractivity contribution in [1.82, 2.24) is 9.97 Å². The summed E-state index contributed by atoms with van der Waals surface area (Å²) in [5, 5.41) is 0. The van der Waals surface area contributed by atoms with E-state index in [0.717, 1.165) is 28.5 Å². The first-order valence-corrected chi connectivity index (χ1v) is 7.68. The molecule has 0 unspecified atom stereocenters. The van der Waals surface area contributed by atoms with Crippen LogP contribution in [0.3, 0.4) is 0 Å². The van der Waals surface area contributed by atoms with Crippen LogP contribution in [0.5, 0.6) is 11.8 Å². The minimum atomic E-state index is 0.419. The molecule has 0 aliphatic heterocycles. The van der Waals surface area contributed by atoms with Gasteiger partial charge >= 0.3 is 0 Å². The van der Waals surface area contributed by atoms with Crippen molar-refractivity contribution >= 4 is 12.4 Å². The van der Waals surface area contributed by atoms with Crippen LogP contribution in [0.25, 0.3) is 6.08 Å². The number of carbonyl (C=O) groups excluding carboxylic acids is 1. The number of rotatable bonds is 6. The first-order valence-electron chi connectivity index (χ1n) is 7.68. The second-order valence-corrected chi connectivity index (χ2v) is 5.15. The Hall–Kier alpha value is -2.89. The molecule has 0 aliphatic rings. The van der Waals surface area contributed by atoms with E-state index >= 15 is 0 Å². The van der Waals surface area contributed by atoms with E-state index < -0.39 is 0 Å². The lowest BCUT2D eigenvalue weighted by Crippen LogP contribution is -1.94. The Kier molecular flexibility index (Phi) is 8.71. The zero-order valence-corrected chi connectivity index (χ0v) is 15.3. The quantitative estimate of drug-likeness (QED) is 0.592. The van der Waals surface area contributed by atoms with Gasteiger partial charge in [-0.2, -0.15) is 0 Å². The molecule has 6 nitrogen and oxygen atoms in total. The minimum absolute atomic E-state index is 0.419. The van der Waals surface area contributed by atoms with Gasteiger partial charge in [-0.3, -0.25) is 0 Å². The van der Waals surface area contributed by atoms with Gasteiger partial charge in [0, 0.05) is 30.9 Å². The van der Waals surface area contributed by atoms with Gasteiger partial charge in [-0.1, -0.05) is 0 Å². The number of hydrogen-bond acceptors (Lipinski definition) is 6. The number of pyridine rings is 2. The average molecular weight is 344 g/mol. The van der Waals surface area contributed by atoms with Gasteiger partial charge < -0.3 is 19.0 Å². The Bertz CT molecular complexity index is 715. The molecule has 2 aromatic rings. The van der Waals surface area contributed by atoms with Gasteiger partial charge in [0.05, 0.1) is 27.6 Å². The van der Waals surface area contributed by atoms with Gasteiger partial charge in [-0.25, -0.2) is 9.97 Å². The predicted octanol–water partition coefficient (Wildman–Crippen LogP) is 3.16. The van der Waals surface area contributed by atoms with Crippen molar-refractivity contribution in [2.45, 2.75) is 20.3 Å². The number of aromatic nitrogens is 2. The second-order valence-electron chi connectivity index (χ2n) is 5.15. The van der Waals surface area contributed by atoms with Crippen molar-refractivity contribution < 1.29 is 19.0 Å². The predicted molar refractivity (Wildman–Crippen MR) is 96.9 cm³/mol. The van der Waals surface area contributed by atoms with Gasteiger partial charge in [0.1, 0.15) is 6.29 Å². The van der Waals surface area contributed by atoms with Crippen LogP contribution in [0, 0.1) is 13.8 Å². The van der Waals surface area contributed by atoms with E-state index in [0.29, 0.717) is 18.2 Å². The Labute approximate surface area is 148 Å². The minimum Gasteiger partial charge on any atom is -0.504 e. The summed E-state index contributed by atoms with van der Waals surface area (Å²) in [5.74, 6) is 1.22. The third kappa shape index (κ3) is 6.63. The van der Waals surface area contributed by atoms with Crippen molar-refractivity contribution in [2.24, 2.45) is 0 Å². The molecule has 0 aliphatic carbocycles. The van der Waals surface area contributed by atoms with E-state index in [-0.39, 0.29) is 0 Å². The fraction of sp³-hybridized carbons (Fsp3) is 0.316. The molecule has 134 valence electrons. The normalized spacial score (nSPS) is 9.96. The maximum Gasteiger partial charge on any atom is 0.213 e. The number of aldehydes is 1. The second kappa shape index (κ2) is 10.8. The summed E-state index contributed by atoms with van der Waals surface area (Å²) < 4.78 is 14.7. The number of methoxy groups -OCH3 is 3. The summed E-state index contributed by atoms with van der Waals surface area (Å²) in [6, 6.07) is 3.70. The Morgan fingerprint density at radius 1 is 0.960 bits per heavy atom. The zero-order valence-electron chi connectivity index (χ0n) is 15.3. The fourth-order valence-electron chi connectivity index (χ4n) is 1.94. The lowest BCUT2D eigenvalue weighted by atomic mass is 10.1. The van der Waals surface area contributed by atoms with E-state index in [4.69, 9.17) is 14.2 Å². The standard InChI is InChI=1S/C10H13NO2.C9H11NO2/c1-8-6-10(13-3)11-7-9(8)4-5-12-2;1-7-5-9(12-2)10-6-8(7)3-4-11/h4-7H,1-3H3;4-6H,3H2,1-2H3/b5-4+;. The van der Waals surface area contributed by atoms with Crippen LogP contribution >= 0.6 is 0 Å². The van der Waals surface area contributed by atoms with Crippen molar-refractivity contribution in [3.05, 3.63) is 53.0 Å². The molecule has 0 radical (unpaired) electrons. The molecule has 0 N–H and O–H groups in total. The summed E-state index contributed by atoms with van der Waals surface area (Å²) in [6.07, 6.45) is 8.20. The highest BCUT2D eigenvalue weighted by atomic mass is 16.5. The van der Waals surface area contributed by atoms with Crippen LogP contribution in [0.2, 0.25) is 0 Å². The third-order valence-electron chi connectivity index (χ3n) is 3.43. The zero-order chi connectivity index (χ0) is 18.7. The molecular weight excluding hydrogens is 320 g/mol. The molecule has 2 aromatic heterocycles. The Morgan fingerprint density at radius 3 is 2.04 bits per heavy atom. The summed E-state index contributed by atoms with van der Waals surface area (Å²) in [5.41, 5.74) is 4.13. The molecule has 0 aromatic carbocycles. The lowest BCUT2D eigenvalue weighted by Gasteiger charge is -2.03. The molecule has 0 amide bonds. The molecule has 0 spiro atoms. The number of ether oxygens (including phenoxy) is 3. The van der Waals surface area contributed by atoms with Crippen LogP contribution in [0.15, 0.2) is 30.8 Å². The Balaban J connectivity index is 0.000000251. The maximum absolute atomic E-state index is 10.2. The van der Waals surface area contributed by atoms with Crippen LogP contribution < -0.4 is 9.47 Å². The van der Waals surface area contributed by atoms with Gasteiger partial charge in [-0.05, 0) is 42.2 Å². The SMILES string of the molecule is CO/C=C/c1cnc(OC)cc1C.COc1cc(C)c(CC=O)cn1. The Morgan fingerprint density at radius 2 is 1.56 bits per heavy atom. The summed E-state index contributed by atoms with van der Waals surface area (Å²) in [6.45, 7) is 3.93. The molecule has 0 saturated heterocycles. The summed E-state index contributed by atoms with van der Waals surface area (Å²) in [7, 11) is 4.79. The highest BCUT2D eigenvalue weighted by Crippen LogP contribution is 2.14. The van der Waals surface area contributed by atoms with E-state index in [2.05, 4.69) is 9.97 Å². The van der Waals surface area contributed by atoms with E-state index in [9.17, 15) is 4.79 Å². The number of nitrogens with zero attached hydrogens (tertiary/aromatic N) is 2. The molecular formula is C19H24N2O4. The number of hydrogen-bond donors (Lipinski definition) is 0. The number of aryl methyl sites for hydroxylation is 2. The fourth-order valence-corrected chi connectivity index (χ4v) is 1.94. The van der Waals surface area contributed by atoms with Crippen LogP contribution in [-0.2, 0) is 16.0 Å². The molecule has 6 heteroatoms. The molecule has 2 heterocycles. The maximum atomic E-state index is 10.2. The average Bonchev–Trinajstić information content (AvgIpc) is 2.63. The van der Waals surface area contributed by atoms with Crippen molar-refractivity contribution in [2.75, 3.05) is 21.3 Å². The van der Waals surface area contributed by atoms with E-state index in [1.165, 1.54) is 0 Å². The first-order chi connectivity index (χ1) is 12.0. The molecule has 0 fully saturated rings. The first kappa shape index (κ1) is 20.2. The molecule has 2 rings (SSSR count). The van der Waals surface area contributed by atoms with E-state index in [1.807, 2.05) is 32.1 Å². The van der Waals surface area contributed by atoms with Crippen molar-refractivity contribution in [3.8, 4) is 11.8 Å². The highest BCUT2D eigenvalue weighted by molar-refractivity contribution is 5.56. The van der Waals surface area contributed by atoms with Crippen molar-refractivity contribution in [1.29, 1.82) is 0 Å². The van der Waals surface area contributed by atoms with Gasteiger partial charge in [0.2, 0.25) is 11.8 Å². The van der Waals surface area contributed by atoms with Gasteiger partial charge in [0.25, 0.3) is 0 Å². The summed E-state index contributed by atoms with van der Waals surface area (Å²) >= 11 is 0. The number of carbonyl (C=O) groups is 1. The molecule has 25 heavy (non-hydrogen) atoms. The molecule has 0 atom stereocenters. The van der Waals surface area contributed by atoms with Crippen LogP contribution in [0.4, 0.5) is 0 Å². The van der Waals surface area contributed by atoms with Gasteiger partial charge in [-0.15, -0.1) is 0 Å². The highest BCUT2D eigenvalue weighted by Gasteiger charge is 2.00. The van der Waals surface area contributed by atoms with Crippen molar-refractivity contribution in [3.63, 3.8) is 0 Å². The van der Waals surface area contributed by atoms with E-state index in [1.54, 1.807) is 40.0 Å². The molecule has 0 saturated carbocycles. The smallest absolute Gasteiger partial charge is 0.213 e. The van der Waals surface area contributed by atoms with Crippen LogP contribution in [0.1, 0.15) is 22.3 Å².